The Morgan fingerprint density at radius 1 is 1.23 bits per heavy atom. The Morgan fingerprint density at radius 2 is 1.91 bits per heavy atom. The first-order valence-electron chi connectivity index (χ1n) is 11.4. The minimum absolute atomic E-state index is 0.00235. The number of alkyl halides is 3. The molecular weight excluding hydrogens is 481 g/mol. The van der Waals surface area contributed by atoms with Gasteiger partial charge in [0.25, 0.3) is 0 Å². The first-order chi connectivity index (χ1) is 16.5. The highest BCUT2D eigenvalue weighted by molar-refractivity contribution is 6.32. The van der Waals surface area contributed by atoms with Gasteiger partial charge in [0.1, 0.15) is 5.82 Å². The van der Waals surface area contributed by atoms with Crippen LogP contribution in [0.25, 0.3) is 10.9 Å². The van der Waals surface area contributed by atoms with Gasteiger partial charge < -0.3 is 10.2 Å². The molecule has 3 aromatic rings. The largest absolute Gasteiger partial charge is 0.395 e. The van der Waals surface area contributed by atoms with Crippen molar-refractivity contribution >= 4 is 28.4 Å². The van der Waals surface area contributed by atoms with Gasteiger partial charge >= 0.3 is 6.18 Å². The molecule has 0 radical (unpaired) electrons. The van der Waals surface area contributed by atoms with E-state index in [-0.39, 0.29) is 31.8 Å². The summed E-state index contributed by atoms with van der Waals surface area (Å²) in [6.07, 6.45) is 0.381. The number of hydrogen-bond acceptors (Lipinski definition) is 5. The Hall–Kier alpha value is -2.72. The second kappa shape index (κ2) is 9.73. The summed E-state index contributed by atoms with van der Waals surface area (Å²) in [4.78, 5) is 23.0. The van der Waals surface area contributed by atoms with Crippen LogP contribution in [0.2, 0.25) is 5.02 Å². The fourth-order valence-corrected chi connectivity index (χ4v) is 4.77. The van der Waals surface area contributed by atoms with Crippen LogP contribution in [0.1, 0.15) is 42.1 Å². The number of amides is 1. The fourth-order valence-electron chi connectivity index (χ4n) is 4.53. The van der Waals surface area contributed by atoms with Gasteiger partial charge in [0, 0.05) is 47.7 Å². The van der Waals surface area contributed by atoms with Gasteiger partial charge in [-0.3, -0.25) is 9.89 Å². The van der Waals surface area contributed by atoms with Crippen molar-refractivity contribution in [3.8, 4) is 0 Å². The summed E-state index contributed by atoms with van der Waals surface area (Å²) in [5.74, 6) is -0.997. The number of aromatic amines is 1. The molecule has 1 aliphatic rings. The third-order valence-electron chi connectivity index (χ3n) is 6.94. The lowest BCUT2D eigenvalue weighted by Gasteiger charge is -2.29. The number of benzene rings is 1. The Labute approximate surface area is 206 Å². The molecule has 11 heteroatoms. The molecule has 2 heterocycles. The van der Waals surface area contributed by atoms with E-state index in [9.17, 15) is 18.0 Å². The zero-order valence-electron chi connectivity index (χ0n) is 19.8. The highest BCUT2D eigenvalue weighted by Gasteiger charge is 2.67. The molecule has 7 nitrogen and oxygen atoms in total. The van der Waals surface area contributed by atoms with E-state index in [4.69, 9.17) is 11.6 Å². The van der Waals surface area contributed by atoms with Crippen molar-refractivity contribution in [3.63, 3.8) is 0 Å². The van der Waals surface area contributed by atoms with Gasteiger partial charge in [-0.15, -0.1) is 0 Å². The van der Waals surface area contributed by atoms with E-state index in [0.717, 1.165) is 16.5 Å². The quantitative estimate of drug-likeness (QED) is 0.447. The molecule has 2 N–H and O–H groups in total. The first kappa shape index (κ1) is 25.4. The molecular formula is C24H28ClF3N6O. The lowest BCUT2D eigenvalue weighted by molar-refractivity contribution is -0.194. The van der Waals surface area contributed by atoms with Gasteiger partial charge in [-0.2, -0.15) is 18.3 Å². The number of carbonyl (C=O) groups excluding carboxylic acids is 1. The number of aryl methyl sites for hydroxylation is 1. The molecule has 1 saturated carbocycles. The average molecular weight is 509 g/mol. The summed E-state index contributed by atoms with van der Waals surface area (Å²) < 4.78 is 41.9. The fraction of sp³-hybridized carbons (Fsp3) is 0.500. The van der Waals surface area contributed by atoms with Crippen molar-refractivity contribution < 1.29 is 18.0 Å². The maximum Gasteiger partial charge on any atom is 0.395 e. The number of nitrogens with zero attached hydrogens (tertiary/aromatic N) is 4. The monoisotopic (exact) mass is 508 g/mol. The van der Waals surface area contributed by atoms with Gasteiger partial charge in [-0.25, -0.2) is 9.97 Å². The molecule has 0 aliphatic heterocycles. The van der Waals surface area contributed by atoms with E-state index in [0.29, 0.717) is 22.8 Å². The number of nitrogens with one attached hydrogen (secondary N) is 2. The molecule has 1 fully saturated rings. The number of likely N-dealkylation sites (N-methyl/N-ethyl adjacent to an activating group) is 1. The van der Waals surface area contributed by atoms with Crippen LogP contribution in [0.15, 0.2) is 30.7 Å². The summed E-state index contributed by atoms with van der Waals surface area (Å²) in [5.41, 5.74) is 0.164. The van der Waals surface area contributed by atoms with Crippen molar-refractivity contribution in [2.24, 2.45) is 5.41 Å². The van der Waals surface area contributed by atoms with Gasteiger partial charge in [0.2, 0.25) is 5.91 Å². The van der Waals surface area contributed by atoms with E-state index in [1.807, 2.05) is 31.1 Å². The van der Waals surface area contributed by atoms with Crippen molar-refractivity contribution in [2.45, 2.75) is 50.7 Å². The molecule has 0 saturated heterocycles. The normalized spacial score (nSPS) is 16.9. The third kappa shape index (κ3) is 5.43. The van der Waals surface area contributed by atoms with E-state index < -0.39 is 23.4 Å². The molecule has 2 unspecified atom stereocenters. The van der Waals surface area contributed by atoms with Crippen LogP contribution in [-0.2, 0) is 11.2 Å². The van der Waals surface area contributed by atoms with Crippen LogP contribution in [0.4, 0.5) is 13.2 Å². The standard InChI is InChI=1S/C24H28ClF3N6O/c1-14-29-10-17(11-30-14)19(23(4-5-23)24(26,27)28)8-22(35)31-13-18(34(2)3)7-15-6-16-12-32-33-21(16)9-20(15)25/h6,9-12,18-19H,4-5,7-8,13H2,1-3H3,(H,31,35)(H,32,33). The molecule has 0 spiro atoms. The van der Waals surface area contributed by atoms with E-state index in [1.165, 1.54) is 12.4 Å². The van der Waals surface area contributed by atoms with E-state index >= 15 is 0 Å². The van der Waals surface area contributed by atoms with E-state index in [1.54, 1.807) is 13.1 Å². The number of carbonyl (C=O) groups is 1. The van der Waals surface area contributed by atoms with E-state index in [2.05, 4.69) is 25.5 Å². The van der Waals surface area contributed by atoms with Gasteiger partial charge in [-0.05, 0) is 63.5 Å². The number of rotatable bonds is 9. The van der Waals surface area contributed by atoms with Crippen molar-refractivity contribution in [1.29, 1.82) is 0 Å². The summed E-state index contributed by atoms with van der Waals surface area (Å²) in [6.45, 7) is 1.93. The Balaban J connectivity index is 1.46. The first-order valence-corrected chi connectivity index (χ1v) is 11.8. The predicted molar refractivity (Wildman–Crippen MR) is 127 cm³/mol. The Bertz CT molecular complexity index is 1190. The second-order valence-corrected chi connectivity index (χ2v) is 9.91. The maximum atomic E-state index is 14.0. The molecule has 0 bridgehead atoms. The summed E-state index contributed by atoms with van der Waals surface area (Å²) in [6, 6.07) is 3.65. The molecule has 1 aromatic carbocycles. The lowest BCUT2D eigenvalue weighted by Crippen LogP contribution is -2.42. The predicted octanol–water partition coefficient (Wildman–Crippen LogP) is 4.42. The van der Waals surface area contributed by atoms with Crippen LogP contribution in [0.5, 0.6) is 0 Å². The molecule has 2 aromatic heterocycles. The third-order valence-corrected chi connectivity index (χ3v) is 7.29. The summed E-state index contributed by atoms with van der Waals surface area (Å²) >= 11 is 6.45. The smallest absolute Gasteiger partial charge is 0.355 e. The van der Waals surface area contributed by atoms with Crippen LogP contribution in [0.3, 0.4) is 0 Å². The average Bonchev–Trinajstić information content (AvgIpc) is 3.49. The number of fused-ring (bicyclic) bond motifs is 1. The zero-order chi connectivity index (χ0) is 25.4. The van der Waals surface area contributed by atoms with Gasteiger partial charge in [-0.1, -0.05) is 11.6 Å². The summed E-state index contributed by atoms with van der Waals surface area (Å²) in [7, 11) is 3.77. The van der Waals surface area contributed by atoms with Crippen molar-refractivity contribution in [3.05, 3.63) is 52.7 Å². The highest BCUT2D eigenvalue weighted by Crippen LogP contribution is 2.66. The van der Waals surface area contributed by atoms with Crippen molar-refractivity contribution in [2.75, 3.05) is 20.6 Å². The Kier molecular flexibility index (Phi) is 7.06. The molecule has 188 valence electrons. The molecule has 1 aliphatic carbocycles. The minimum Gasteiger partial charge on any atom is -0.355 e. The molecule has 2 atom stereocenters. The lowest BCUT2D eigenvalue weighted by atomic mass is 9.81. The molecule has 4 rings (SSSR count). The van der Waals surface area contributed by atoms with Gasteiger partial charge in [0.05, 0.1) is 17.1 Å². The molecule has 35 heavy (non-hydrogen) atoms. The van der Waals surface area contributed by atoms with Gasteiger partial charge in [0.15, 0.2) is 0 Å². The van der Waals surface area contributed by atoms with Crippen LogP contribution < -0.4 is 5.32 Å². The number of halogens is 4. The van der Waals surface area contributed by atoms with Crippen molar-refractivity contribution in [1.82, 2.24) is 30.4 Å². The summed E-state index contributed by atoms with van der Waals surface area (Å²) in [5, 5.41) is 11.3. The number of hydrogen-bond donors (Lipinski definition) is 2. The number of aromatic nitrogens is 4. The SMILES string of the molecule is Cc1ncc(C(CC(=O)NCC(Cc2cc3cn[nH]c3cc2Cl)N(C)C)C2(C(F)(F)F)CC2)cn1. The number of H-pyrrole nitrogens is 1. The maximum absolute atomic E-state index is 14.0. The topological polar surface area (TPSA) is 86.8 Å². The zero-order valence-corrected chi connectivity index (χ0v) is 20.5. The second-order valence-electron chi connectivity index (χ2n) is 9.50. The Morgan fingerprint density at radius 3 is 2.51 bits per heavy atom. The van der Waals surface area contributed by atoms with Crippen LogP contribution in [-0.4, -0.2) is 63.8 Å². The van der Waals surface area contributed by atoms with Crippen LogP contribution in [0, 0.1) is 12.3 Å². The highest BCUT2D eigenvalue weighted by atomic mass is 35.5. The van der Waals surface area contributed by atoms with Crippen LogP contribution >= 0.6 is 11.6 Å². The molecule has 1 amide bonds. The minimum atomic E-state index is -4.41.